The molecule has 2 N–H and O–H groups in total. The molecule has 1 atom stereocenters. The van der Waals surface area contributed by atoms with E-state index in [4.69, 9.17) is 29.1 Å². The second-order valence-electron chi connectivity index (χ2n) is 9.39. The topological polar surface area (TPSA) is 137 Å². The average Bonchev–Trinajstić information content (AvgIpc) is 3.15. The first-order valence-electron chi connectivity index (χ1n) is 11.6. The van der Waals surface area contributed by atoms with E-state index in [2.05, 4.69) is 29.1 Å². The molecule has 2 aliphatic heterocycles. The minimum atomic E-state index is -5.08. The van der Waals surface area contributed by atoms with Gasteiger partial charge in [0.2, 0.25) is 0 Å². The summed E-state index contributed by atoms with van der Waals surface area (Å²) in [4.78, 5) is 37.2. The Morgan fingerprint density at radius 2 is 1.62 bits per heavy atom. The molecule has 224 valence electrons. The van der Waals surface area contributed by atoms with Crippen LogP contribution >= 0.6 is 0 Å². The lowest BCUT2D eigenvalue weighted by Crippen LogP contribution is -2.52. The number of carboxylic acid groups (broad SMARTS) is 2. The minimum Gasteiger partial charge on any atom is -0.475 e. The molecular weight excluding hydrogens is 546 g/mol. The monoisotopic (exact) mass is 578 g/mol. The molecule has 1 unspecified atom stereocenters. The van der Waals surface area contributed by atoms with Crippen LogP contribution in [0.5, 0.6) is 0 Å². The molecule has 3 rings (SSSR count). The number of hydrogen-bond acceptors (Lipinski definition) is 8. The number of halogens is 6. The van der Waals surface area contributed by atoms with Crippen molar-refractivity contribution in [1.29, 1.82) is 0 Å². The van der Waals surface area contributed by atoms with Crippen LogP contribution in [0.2, 0.25) is 0 Å². The van der Waals surface area contributed by atoms with Crippen LogP contribution in [0.1, 0.15) is 29.1 Å². The summed E-state index contributed by atoms with van der Waals surface area (Å²) in [5, 5.41) is 18.1. The Bertz CT molecular complexity index is 930. The summed E-state index contributed by atoms with van der Waals surface area (Å²) in [5.41, 5.74) is 0.434. The highest BCUT2D eigenvalue weighted by molar-refractivity contribution is 5.92. The highest BCUT2D eigenvalue weighted by Crippen LogP contribution is 2.33. The zero-order valence-electron chi connectivity index (χ0n) is 21.6. The van der Waals surface area contributed by atoms with Gasteiger partial charge in [-0.25, -0.2) is 9.59 Å². The van der Waals surface area contributed by atoms with Crippen molar-refractivity contribution in [3.8, 4) is 0 Å². The molecule has 0 aliphatic carbocycles. The van der Waals surface area contributed by atoms with Crippen LogP contribution in [-0.2, 0) is 14.3 Å². The van der Waals surface area contributed by atoms with E-state index < -0.39 is 24.3 Å². The van der Waals surface area contributed by atoms with E-state index in [0.29, 0.717) is 11.5 Å². The quantitative estimate of drug-likeness (QED) is 0.513. The molecule has 17 heteroatoms. The van der Waals surface area contributed by atoms with Crippen LogP contribution in [0, 0.1) is 12.3 Å². The predicted octanol–water partition coefficient (Wildman–Crippen LogP) is 2.37. The molecule has 0 saturated carbocycles. The predicted molar refractivity (Wildman–Crippen MR) is 122 cm³/mol. The highest BCUT2D eigenvalue weighted by atomic mass is 19.4. The Balaban J connectivity index is 0.000000449. The van der Waals surface area contributed by atoms with Gasteiger partial charge in [-0.05, 0) is 33.9 Å². The molecule has 39 heavy (non-hydrogen) atoms. The van der Waals surface area contributed by atoms with Crippen LogP contribution < -0.4 is 0 Å². The molecule has 1 spiro atoms. The van der Waals surface area contributed by atoms with Gasteiger partial charge in [0, 0.05) is 50.7 Å². The maximum absolute atomic E-state index is 12.8. The van der Waals surface area contributed by atoms with Crippen molar-refractivity contribution in [1.82, 2.24) is 19.9 Å². The highest BCUT2D eigenvalue weighted by Gasteiger charge is 2.41. The number of piperidine rings is 1. The molecule has 2 aliphatic rings. The number of aromatic nitrogens is 1. The Morgan fingerprint density at radius 1 is 1.05 bits per heavy atom. The van der Waals surface area contributed by atoms with Crippen molar-refractivity contribution in [3.63, 3.8) is 0 Å². The molecule has 2 fully saturated rings. The lowest BCUT2D eigenvalue weighted by Gasteiger charge is -2.43. The Labute approximate surface area is 220 Å². The number of carbonyl (C=O) groups excluding carboxylic acids is 1. The number of nitrogens with zero attached hydrogens (tertiary/aromatic N) is 4. The fraction of sp³-hybridized carbons (Fsp3) is 0.727. The largest absolute Gasteiger partial charge is 0.490 e. The van der Waals surface area contributed by atoms with Gasteiger partial charge in [-0.1, -0.05) is 5.16 Å². The Morgan fingerprint density at radius 3 is 2.08 bits per heavy atom. The molecule has 1 amide bonds. The van der Waals surface area contributed by atoms with Crippen molar-refractivity contribution < 1.29 is 60.2 Å². The van der Waals surface area contributed by atoms with E-state index in [1.165, 1.54) is 0 Å². The first-order valence-corrected chi connectivity index (χ1v) is 11.6. The molecule has 0 radical (unpaired) electrons. The van der Waals surface area contributed by atoms with E-state index >= 15 is 0 Å². The van der Waals surface area contributed by atoms with Crippen molar-refractivity contribution in [2.75, 3.05) is 66.6 Å². The van der Waals surface area contributed by atoms with Gasteiger partial charge in [-0.15, -0.1) is 0 Å². The molecule has 2 saturated heterocycles. The number of amides is 1. The summed E-state index contributed by atoms with van der Waals surface area (Å²) in [6.45, 7) is 8.85. The second-order valence-corrected chi connectivity index (χ2v) is 9.39. The van der Waals surface area contributed by atoms with Crippen molar-refractivity contribution in [2.24, 2.45) is 5.41 Å². The Hall–Kier alpha value is -2.92. The fourth-order valence-corrected chi connectivity index (χ4v) is 3.87. The van der Waals surface area contributed by atoms with Crippen LogP contribution in [0.15, 0.2) is 10.6 Å². The third-order valence-corrected chi connectivity index (χ3v) is 5.66. The SMILES string of the molecule is Cc1cc(C(=O)N2CCCC3(COCCN(CCN(C)C)C3)C2)no1.O=C(O)C(F)(F)F.O=C(O)C(F)(F)F. The number of likely N-dealkylation sites (tertiary alicyclic amines) is 1. The van der Waals surface area contributed by atoms with Gasteiger partial charge < -0.3 is 29.3 Å². The summed E-state index contributed by atoms with van der Waals surface area (Å²) in [7, 11) is 4.20. The second kappa shape index (κ2) is 14.5. The number of aliphatic carboxylic acids is 2. The zero-order chi connectivity index (χ0) is 30.0. The van der Waals surface area contributed by atoms with E-state index in [0.717, 1.165) is 65.3 Å². The van der Waals surface area contributed by atoms with Gasteiger partial charge in [-0.2, -0.15) is 26.3 Å². The van der Waals surface area contributed by atoms with Gasteiger partial charge in [0.05, 0.1) is 13.2 Å². The van der Waals surface area contributed by atoms with Crippen LogP contribution in [0.4, 0.5) is 26.3 Å². The molecule has 1 aromatic rings. The molecule has 11 nitrogen and oxygen atoms in total. The van der Waals surface area contributed by atoms with E-state index in [-0.39, 0.29) is 11.3 Å². The van der Waals surface area contributed by atoms with Crippen LogP contribution in [0.3, 0.4) is 0 Å². The molecule has 0 bridgehead atoms. The third-order valence-electron chi connectivity index (χ3n) is 5.66. The fourth-order valence-electron chi connectivity index (χ4n) is 3.87. The van der Waals surface area contributed by atoms with Gasteiger partial charge in [-0.3, -0.25) is 9.69 Å². The van der Waals surface area contributed by atoms with E-state index in [1.807, 2.05) is 11.8 Å². The number of carbonyl (C=O) groups is 3. The molecule has 1 aromatic heterocycles. The minimum absolute atomic E-state index is 0.0233. The van der Waals surface area contributed by atoms with Gasteiger partial charge in [0.25, 0.3) is 5.91 Å². The molecule has 3 heterocycles. The van der Waals surface area contributed by atoms with Crippen molar-refractivity contribution in [3.05, 3.63) is 17.5 Å². The summed E-state index contributed by atoms with van der Waals surface area (Å²) >= 11 is 0. The maximum Gasteiger partial charge on any atom is 0.490 e. The lowest BCUT2D eigenvalue weighted by atomic mass is 9.80. The summed E-state index contributed by atoms with van der Waals surface area (Å²) < 4.78 is 74.5. The number of hydrogen-bond donors (Lipinski definition) is 2. The van der Waals surface area contributed by atoms with Gasteiger partial charge in [0.1, 0.15) is 5.76 Å². The maximum atomic E-state index is 12.8. The number of ether oxygens (including phenoxy) is 1. The Kier molecular flexibility index (Phi) is 12.6. The van der Waals surface area contributed by atoms with Crippen molar-refractivity contribution >= 4 is 17.8 Å². The number of rotatable bonds is 4. The van der Waals surface area contributed by atoms with Crippen molar-refractivity contribution in [2.45, 2.75) is 32.1 Å². The summed E-state index contributed by atoms with van der Waals surface area (Å²) in [5.74, 6) is -4.87. The first-order chi connectivity index (χ1) is 17.9. The smallest absolute Gasteiger partial charge is 0.475 e. The summed E-state index contributed by atoms with van der Waals surface area (Å²) in [6.07, 6.45) is -8.06. The zero-order valence-corrected chi connectivity index (χ0v) is 21.6. The number of likely N-dealkylation sites (N-methyl/N-ethyl adjacent to an activating group) is 1. The van der Waals surface area contributed by atoms with E-state index in [9.17, 15) is 31.1 Å². The van der Waals surface area contributed by atoms with Crippen LogP contribution in [0.25, 0.3) is 0 Å². The number of aryl methyl sites for hydroxylation is 1. The van der Waals surface area contributed by atoms with Gasteiger partial charge >= 0.3 is 24.3 Å². The average molecular weight is 579 g/mol. The van der Waals surface area contributed by atoms with Crippen LogP contribution in [-0.4, -0.2) is 127 Å². The number of alkyl halides is 6. The number of carboxylic acids is 2. The normalized spacial score (nSPS) is 20.4. The molecule has 0 aromatic carbocycles. The third kappa shape index (κ3) is 12.2. The summed E-state index contributed by atoms with van der Waals surface area (Å²) in [6, 6.07) is 1.72. The van der Waals surface area contributed by atoms with E-state index in [1.54, 1.807) is 6.07 Å². The lowest BCUT2D eigenvalue weighted by molar-refractivity contribution is -0.193. The molecular formula is C22H32F6N4O7. The van der Waals surface area contributed by atoms with Gasteiger partial charge in [0.15, 0.2) is 5.69 Å². The first kappa shape index (κ1) is 34.1. The standard InChI is InChI=1S/C18H30N4O3.2C2HF3O2/c1-15-11-16(19-25-15)17(23)22-6-4-5-18(13-22)12-21(8-7-20(2)3)9-10-24-14-18;2*3-2(4,5)1(6)7/h11H,4-10,12-14H2,1-3H3;2*(H,6,7).